The van der Waals surface area contributed by atoms with Crippen molar-refractivity contribution < 1.29 is 13.5 Å². The highest BCUT2D eigenvalue weighted by atomic mass is 79.9. The first-order chi connectivity index (χ1) is 15.0. The van der Waals surface area contributed by atoms with Gasteiger partial charge in [-0.1, -0.05) is 0 Å². The van der Waals surface area contributed by atoms with E-state index in [1.807, 2.05) is 24.4 Å². The van der Waals surface area contributed by atoms with Crippen molar-refractivity contribution >= 4 is 27.0 Å². The summed E-state index contributed by atoms with van der Waals surface area (Å²) in [4.78, 5) is 11.4. The lowest BCUT2D eigenvalue weighted by Gasteiger charge is -2.32. The molecule has 0 amide bonds. The van der Waals surface area contributed by atoms with E-state index in [-0.39, 0.29) is 4.47 Å². The zero-order valence-corrected chi connectivity index (χ0v) is 19.0. The number of fused-ring (bicyclic) bond motifs is 1. The predicted molar refractivity (Wildman–Crippen MR) is 120 cm³/mol. The van der Waals surface area contributed by atoms with E-state index in [0.29, 0.717) is 24.0 Å². The summed E-state index contributed by atoms with van der Waals surface area (Å²) >= 11 is 3.01. The Labute approximate surface area is 189 Å². The summed E-state index contributed by atoms with van der Waals surface area (Å²) in [5.74, 6) is -0.243. The van der Waals surface area contributed by atoms with Crippen LogP contribution < -0.4 is 10.1 Å². The van der Waals surface area contributed by atoms with Crippen LogP contribution in [-0.4, -0.2) is 47.7 Å². The molecule has 1 fully saturated rings. The van der Waals surface area contributed by atoms with Gasteiger partial charge in [-0.3, -0.25) is 4.98 Å². The van der Waals surface area contributed by atoms with Crippen LogP contribution in [0.3, 0.4) is 0 Å². The van der Waals surface area contributed by atoms with Crippen molar-refractivity contribution in [3.63, 3.8) is 0 Å². The summed E-state index contributed by atoms with van der Waals surface area (Å²) < 4.78 is 33.1. The largest absolute Gasteiger partial charge is 0.481 e. The molecule has 1 aliphatic heterocycles. The Hall–Kier alpha value is -2.16. The normalized spacial score (nSPS) is 15.5. The summed E-state index contributed by atoms with van der Waals surface area (Å²) in [6.45, 7) is 3.21. The smallest absolute Gasteiger partial charge is 0.213 e. The lowest BCUT2D eigenvalue weighted by atomic mass is 10.0. The highest BCUT2D eigenvalue weighted by molar-refractivity contribution is 9.10. The van der Waals surface area contributed by atoms with Crippen molar-refractivity contribution in [1.82, 2.24) is 20.2 Å². The third-order valence-electron chi connectivity index (χ3n) is 5.81. The van der Waals surface area contributed by atoms with E-state index in [0.717, 1.165) is 55.5 Å². The molecular formula is C23H25BrF2N4O. The number of hydrogen-bond donors (Lipinski definition) is 1. The molecule has 1 saturated heterocycles. The van der Waals surface area contributed by atoms with Crippen molar-refractivity contribution in [2.75, 3.05) is 26.7 Å². The predicted octanol–water partition coefficient (Wildman–Crippen LogP) is 4.48. The average molecular weight is 491 g/mol. The van der Waals surface area contributed by atoms with Crippen LogP contribution in [0.25, 0.3) is 11.0 Å². The maximum atomic E-state index is 14.0. The van der Waals surface area contributed by atoms with Gasteiger partial charge in [-0.2, -0.15) is 0 Å². The third-order valence-corrected chi connectivity index (χ3v) is 6.41. The highest BCUT2D eigenvalue weighted by Crippen LogP contribution is 2.22. The number of likely N-dealkylation sites (tertiary alicyclic amines) is 1. The van der Waals surface area contributed by atoms with Crippen LogP contribution in [0.15, 0.2) is 41.0 Å². The molecule has 1 N–H and O–H groups in total. The molecule has 0 bridgehead atoms. The van der Waals surface area contributed by atoms with Gasteiger partial charge in [0.1, 0.15) is 11.6 Å². The van der Waals surface area contributed by atoms with Crippen LogP contribution >= 0.6 is 15.9 Å². The Morgan fingerprint density at radius 1 is 1.13 bits per heavy atom. The lowest BCUT2D eigenvalue weighted by Crippen LogP contribution is -2.43. The first kappa shape index (κ1) is 22.0. The van der Waals surface area contributed by atoms with Gasteiger partial charge >= 0.3 is 0 Å². The van der Waals surface area contributed by atoms with Crippen LogP contribution in [0.5, 0.6) is 5.88 Å². The maximum absolute atomic E-state index is 14.0. The van der Waals surface area contributed by atoms with Gasteiger partial charge < -0.3 is 15.0 Å². The number of aromatic nitrogens is 2. The second-order valence-corrected chi connectivity index (χ2v) is 8.65. The molecule has 0 aliphatic carbocycles. The summed E-state index contributed by atoms with van der Waals surface area (Å²) in [5.41, 5.74) is 3.28. The van der Waals surface area contributed by atoms with E-state index in [2.05, 4.69) is 36.1 Å². The number of ether oxygens (including phenoxy) is 1. The van der Waals surface area contributed by atoms with Crippen molar-refractivity contribution in [2.45, 2.75) is 31.8 Å². The number of methoxy groups -OCH3 is 1. The van der Waals surface area contributed by atoms with Crippen molar-refractivity contribution in [1.29, 1.82) is 0 Å². The molecule has 4 rings (SSSR count). The fraction of sp³-hybridized carbons (Fsp3) is 0.391. The molecule has 164 valence electrons. The van der Waals surface area contributed by atoms with Gasteiger partial charge in [0, 0.05) is 37.0 Å². The third kappa shape index (κ3) is 5.37. The minimum absolute atomic E-state index is 0.151. The van der Waals surface area contributed by atoms with Crippen LogP contribution in [0.2, 0.25) is 0 Å². The van der Waals surface area contributed by atoms with Gasteiger partial charge in [-0.15, -0.1) is 0 Å². The Morgan fingerprint density at radius 2 is 1.94 bits per heavy atom. The molecule has 1 aliphatic rings. The summed E-state index contributed by atoms with van der Waals surface area (Å²) in [5, 5.41) is 3.38. The van der Waals surface area contributed by atoms with Crippen LogP contribution in [-0.2, 0) is 13.0 Å². The Morgan fingerprint density at radius 3 is 2.71 bits per heavy atom. The number of rotatable bonds is 7. The van der Waals surface area contributed by atoms with Gasteiger partial charge in [-0.25, -0.2) is 13.8 Å². The molecule has 0 saturated carbocycles. The van der Waals surface area contributed by atoms with Gasteiger partial charge in [0.2, 0.25) is 5.88 Å². The van der Waals surface area contributed by atoms with Gasteiger partial charge in [0.25, 0.3) is 0 Å². The summed E-state index contributed by atoms with van der Waals surface area (Å²) in [6, 6.07) is 8.52. The van der Waals surface area contributed by atoms with Gasteiger partial charge in [0.05, 0.1) is 22.6 Å². The summed E-state index contributed by atoms with van der Waals surface area (Å²) in [6.07, 6.45) is 4.67. The van der Waals surface area contributed by atoms with Gasteiger partial charge in [-0.05, 0) is 78.1 Å². The van der Waals surface area contributed by atoms with Crippen molar-refractivity contribution in [2.24, 2.45) is 0 Å². The van der Waals surface area contributed by atoms with E-state index in [1.165, 1.54) is 12.1 Å². The number of piperidine rings is 1. The van der Waals surface area contributed by atoms with Gasteiger partial charge in [0.15, 0.2) is 0 Å². The molecule has 0 radical (unpaired) electrons. The molecule has 3 aromatic rings. The van der Waals surface area contributed by atoms with E-state index >= 15 is 0 Å². The number of benzene rings is 1. The number of nitrogens with one attached hydrogen (secondary N) is 1. The van der Waals surface area contributed by atoms with E-state index in [4.69, 9.17) is 4.74 Å². The number of pyridine rings is 2. The van der Waals surface area contributed by atoms with Crippen LogP contribution in [0.4, 0.5) is 8.78 Å². The SMILES string of the molecule is COc1ccc2nccc(CCN3CCC(NCc4cc(F)c(Br)cc4F)CC3)c2n1. The molecule has 2 aromatic heterocycles. The fourth-order valence-corrected chi connectivity index (χ4v) is 4.28. The van der Waals surface area contributed by atoms with E-state index in [1.54, 1.807) is 7.11 Å². The molecule has 5 nitrogen and oxygen atoms in total. The number of nitrogens with zero attached hydrogens (tertiary/aromatic N) is 3. The standard InChI is InChI=1S/C23H25BrF2N4O/c1-31-22-3-2-21-23(29-22)15(4-8-27-21)5-9-30-10-6-17(7-11-30)28-14-16-12-20(26)18(24)13-19(16)25/h2-4,8,12-13,17,28H,5-7,9-11,14H2,1H3. The van der Waals surface area contributed by atoms with E-state index in [9.17, 15) is 8.78 Å². The Bertz CT molecular complexity index is 1060. The van der Waals surface area contributed by atoms with Crippen LogP contribution in [0, 0.1) is 11.6 Å². The van der Waals surface area contributed by atoms with Crippen LogP contribution in [0.1, 0.15) is 24.0 Å². The molecule has 1 aromatic carbocycles. The average Bonchev–Trinajstić information content (AvgIpc) is 2.79. The molecule has 0 unspecified atom stereocenters. The Kier molecular flexibility index (Phi) is 7.09. The van der Waals surface area contributed by atoms with E-state index < -0.39 is 11.6 Å². The molecular weight excluding hydrogens is 466 g/mol. The lowest BCUT2D eigenvalue weighted by molar-refractivity contribution is 0.199. The molecule has 8 heteroatoms. The first-order valence-corrected chi connectivity index (χ1v) is 11.2. The first-order valence-electron chi connectivity index (χ1n) is 10.4. The second kappa shape index (κ2) is 9.97. The molecule has 0 spiro atoms. The second-order valence-electron chi connectivity index (χ2n) is 7.80. The highest BCUT2D eigenvalue weighted by Gasteiger charge is 2.20. The monoisotopic (exact) mass is 490 g/mol. The fourth-order valence-electron chi connectivity index (χ4n) is 3.97. The quantitative estimate of drug-likeness (QED) is 0.495. The van der Waals surface area contributed by atoms with Crippen molar-refractivity contribution in [3.8, 4) is 5.88 Å². The zero-order chi connectivity index (χ0) is 21.8. The molecule has 31 heavy (non-hydrogen) atoms. The van der Waals surface area contributed by atoms with Crippen molar-refractivity contribution in [3.05, 3.63) is 63.8 Å². The molecule has 0 atom stereocenters. The zero-order valence-electron chi connectivity index (χ0n) is 17.4. The number of halogens is 3. The summed E-state index contributed by atoms with van der Waals surface area (Å²) in [7, 11) is 1.62. The Balaban J connectivity index is 1.28. The minimum Gasteiger partial charge on any atom is -0.481 e. The minimum atomic E-state index is -0.441. The maximum Gasteiger partial charge on any atom is 0.213 e. The number of hydrogen-bond acceptors (Lipinski definition) is 5. The molecule has 3 heterocycles. The topological polar surface area (TPSA) is 50.3 Å².